The Balaban J connectivity index is 2.29. The second-order valence-corrected chi connectivity index (χ2v) is 6.05. The quantitative estimate of drug-likeness (QED) is 0.544. The summed E-state index contributed by atoms with van der Waals surface area (Å²) in [5, 5.41) is 0. The van der Waals surface area contributed by atoms with Gasteiger partial charge >= 0.3 is 10.2 Å². The van der Waals surface area contributed by atoms with Gasteiger partial charge in [0.25, 0.3) is 0 Å². The van der Waals surface area contributed by atoms with Crippen LogP contribution in [-0.4, -0.2) is 31.3 Å². The Kier molecular flexibility index (Phi) is 3.73. The van der Waals surface area contributed by atoms with Crippen molar-refractivity contribution in [1.29, 1.82) is 0 Å². The van der Waals surface area contributed by atoms with Gasteiger partial charge < -0.3 is 10.5 Å². The Labute approximate surface area is 113 Å². The van der Waals surface area contributed by atoms with Crippen LogP contribution in [0.3, 0.4) is 0 Å². The monoisotopic (exact) mass is 369 g/mol. The van der Waals surface area contributed by atoms with E-state index in [0.29, 0.717) is 12.4 Å². The number of nitrogens with two attached hydrogens (primary N) is 1. The summed E-state index contributed by atoms with van der Waals surface area (Å²) in [6, 6.07) is -0.410. The maximum absolute atomic E-state index is 11.4. The van der Waals surface area contributed by atoms with Gasteiger partial charge in [0.05, 0.1) is 18.6 Å². The number of fused-ring (bicyclic) bond motifs is 1. The third-order valence-corrected chi connectivity index (χ3v) is 3.88. The Morgan fingerprint density at radius 1 is 1.59 bits per heavy atom. The number of hydrogen-bond acceptors (Lipinski definition) is 4. The van der Waals surface area contributed by atoms with E-state index in [1.165, 1.54) is 0 Å². The van der Waals surface area contributed by atoms with Gasteiger partial charge in [0.15, 0.2) is 0 Å². The van der Waals surface area contributed by atoms with E-state index < -0.39 is 16.3 Å². The minimum Gasteiger partial charge on any atom is -0.496 e. The lowest BCUT2D eigenvalue weighted by molar-refractivity contribution is 0.203. The summed E-state index contributed by atoms with van der Waals surface area (Å²) in [6.07, 6.45) is 5.28. The predicted octanol–water partition coefficient (Wildman–Crippen LogP) is 0.0817. The van der Waals surface area contributed by atoms with Gasteiger partial charge in [-0.05, 0) is 6.08 Å². The van der Waals surface area contributed by atoms with Crippen LogP contribution in [0.1, 0.15) is 0 Å². The molecule has 0 saturated carbocycles. The molecule has 0 spiro atoms. The topological polar surface area (TPSA) is 93.8 Å². The van der Waals surface area contributed by atoms with Crippen LogP contribution in [-0.2, 0) is 14.9 Å². The average Bonchev–Trinajstić information content (AvgIpc) is 2.23. The molecular formula is C9H12IN3O3S. The Hall–Kier alpha value is -0.610. The van der Waals surface area contributed by atoms with Crippen LogP contribution >= 0.6 is 22.6 Å². The predicted molar refractivity (Wildman–Crippen MR) is 73.0 cm³/mol. The fourth-order valence-corrected chi connectivity index (χ4v) is 3.01. The molecule has 94 valence electrons. The average molecular weight is 369 g/mol. The van der Waals surface area contributed by atoms with Crippen molar-refractivity contribution in [3.8, 4) is 0 Å². The second kappa shape index (κ2) is 4.94. The Morgan fingerprint density at radius 3 is 3.06 bits per heavy atom. The molecule has 2 atom stereocenters. The standard InChI is InChI=1S/C9H12IN3O3S/c10-4-5-16-7-3-1-2-6-8(7)9(11)13-17(14,15)12-6/h1-3,6,8,12H,4-5H2,(H2,11,13). The first-order valence-electron chi connectivity index (χ1n) is 4.98. The zero-order valence-corrected chi connectivity index (χ0v) is 11.8. The lowest BCUT2D eigenvalue weighted by Gasteiger charge is -2.31. The molecule has 2 rings (SSSR count). The molecule has 0 saturated heterocycles. The summed E-state index contributed by atoms with van der Waals surface area (Å²) in [4.78, 5) is 0. The molecule has 0 aromatic rings. The van der Waals surface area contributed by atoms with Gasteiger partial charge in [0.1, 0.15) is 11.6 Å². The molecule has 0 amide bonds. The van der Waals surface area contributed by atoms with Crippen molar-refractivity contribution in [3.63, 3.8) is 0 Å². The highest BCUT2D eigenvalue weighted by molar-refractivity contribution is 14.1. The summed E-state index contributed by atoms with van der Waals surface area (Å²) >= 11 is 2.20. The third kappa shape index (κ3) is 2.80. The van der Waals surface area contributed by atoms with E-state index in [9.17, 15) is 8.42 Å². The Bertz CT molecular complexity index is 498. The van der Waals surface area contributed by atoms with Crippen LogP contribution < -0.4 is 10.5 Å². The number of nitrogens with zero attached hydrogens (tertiary/aromatic N) is 1. The molecule has 0 fully saturated rings. The van der Waals surface area contributed by atoms with Gasteiger partial charge in [-0.15, -0.1) is 4.40 Å². The minimum atomic E-state index is -3.67. The molecule has 1 aliphatic carbocycles. The van der Waals surface area contributed by atoms with E-state index in [-0.39, 0.29) is 11.8 Å². The summed E-state index contributed by atoms with van der Waals surface area (Å²) in [5.41, 5.74) is 5.70. The fraction of sp³-hybridized carbons (Fsp3) is 0.444. The third-order valence-electron chi connectivity index (χ3n) is 2.42. The van der Waals surface area contributed by atoms with Gasteiger partial charge in [0, 0.05) is 4.43 Å². The van der Waals surface area contributed by atoms with Crippen molar-refractivity contribution >= 4 is 38.6 Å². The molecule has 0 bridgehead atoms. The van der Waals surface area contributed by atoms with Crippen LogP contribution in [0.5, 0.6) is 0 Å². The zero-order valence-electron chi connectivity index (χ0n) is 8.84. The normalized spacial score (nSPS) is 30.2. The van der Waals surface area contributed by atoms with E-state index >= 15 is 0 Å². The molecule has 0 radical (unpaired) electrons. The van der Waals surface area contributed by atoms with Crippen molar-refractivity contribution in [1.82, 2.24) is 4.72 Å². The second-order valence-electron chi connectivity index (χ2n) is 3.60. The van der Waals surface area contributed by atoms with Crippen LogP contribution in [0.4, 0.5) is 0 Å². The molecule has 2 unspecified atom stereocenters. The fourth-order valence-electron chi connectivity index (χ4n) is 1.79. The van der Waals surface area contributed by atoms with Crippen LogP contribution in [0.15, 0.2) is 28.4 Å². The highest BCUT2D eigenvalue weighted by Gasteiger charge is 2.37. The maximum atomic E-state index is 11.4. The van der Waals surface area contributed by atoms with E-state index in [1.807, 2.05) is 0 Å². The van der Waals surface area contributed by atoms with Crippen molar-refractivity contribution in [2.75, 3.05) is 11.0 Å². The van der Waals surface area contributed by atoms with Crippen molar-refractivity contribution in [2.45, 2.75) is 6.04 Å². The van der Waals surface area contributed by atoms with Gasteiger partial charge in [-0.1, -0.05) is 34.7 Å². The van der Waals surface area contributed by atoms with Gasteiger partial charge in [-0.2, -0.15) is 13.1 Å². The van der Waals surface area contributed by atoms with Gasteiger partial charge in [-0.25, -0.2) is 0 Å². The first kappa shape index (κ1) is 12.8. The van der Waals surface area contributed by atoms with Gasteiger partial charge in [0.2, 0.25) is 0 Å². The molecule has 6 nitrogen and oxygen atoms in total. The van der Waals surface area contributed by atoms with Crippen LogP contribution in [0.25, 0.3) is 0 Å². The SMILES string of the molecule is NC1=NS(=O)(=O)NC2C=CC=C(OCCI)C12. The lowest BCUT2D eigenvalue weighted by atomic mass is 9.92. The van der Waals surface area contributed by atoms with E-state index in [2.05, 4.69) is 31.7 Å². The van der Waals surface area contributed by atoms with Crippen LogP contribution in [0, 0.1) is 5.92 Å². The maximum Gasteiger partial charge on any atom is 0.322 e. The van der Waals surface area contributed by atoms with Gasteiger partial charge in [-0.3, -0.25) is 0 Å². The molecule has 8 heteroatoms. The number of allylic oxidation sites excluding steroid dienone is 2. The van der Waals surface area contributed by atoms with Crippen molar-refractivity contribution in [3.05, 3.63) is 24.0 Å². The molecule has 1 aliphatic heterocycles. The summed E-state index contributed by atoms with van der Waals surface area (Å²) in [6.45, 7) is 0.559. The van der Waals surface area contributed by atoms with E-state index in [4.69, 9.17) is 10.5 Å². The first-order chi connectivity index (χ1) is 8.03. The first-order valence-corrected chi connectivity index (χ1v) is 7.95. The number of nitrogens with one attached hydrogen (secondary N) is 1. The molecule has 0 aromatic carbocycles. The number of halogens is 1. The number of ether oxygens (including phenoxy) is 1. The minimum absolute atomic E-state index is 0.0674. The number of alkyl halides is 1. The highest BCUT2D eigenvalue weighted by Crippen LogP contribution is 2.26. The summed E-state index contributed by atoms with van der Waals surface area (Å²) in [5.74, 6) is 0.377. The molecule has 3 N–H and O–H groups in total. The Morgan fingerprint density at radius 2 is 2.35 bits per heavy atom. The number of rotatable bonds is 3. The van der Waals surface area contributed by atoms with Crippen molar-refractivity contribution < 1.29 is 13.2 Å². The van der Waals surface area contributed by atoms with Crippen LogP contribution in [0.2, 0.25) is 0 Å². The van der Waals surface area contributed by atoms with E-state index in [1.54, 1.807) is 18.2 Å². The number of amidine groups is 1. The molecule has 17 heavy (non-hydrogen) atoms. The number of hydrogen-bond donors (Lipinski definition) is 2. The largest absolute Gasteiger partial charge is 0.496 e. The molecule has 2 aliphatic rings. The highest BCUT2D eigenvalue weighted by atomic mass is 127. The van der Waals surface area contributed by atoms with E-state index in [0.717, 1.165) is 4.43 Å². The smallest absolute Gasteiger partial charge is 0.322 e. The van der Waals surface area contributed by atoms with Crippen molar-refractivity contribution in [2.24, 2.45) is 16.0 Å². The molecule has 1 heterocycles. The molecular weight excluding hydrogens is 357 g/mol. The molecule has 0 aromatic heterocycles. The summed E-state index contributed by atoms with van der Waals surface area (Å²) in [7, 11) is -3.67. The summed E-state index contributed by atoms with van der Waals surface area (Å²) < 4.78 is 35.0. The zero-order chi connectivity index (χ0) is 12.5. The lowest BCUT2D eigenvalue weighted by Crippen LogP contribution is -2.50.